The summed E-state index contributed by atoms with van der Waals surface area (Å²) in [4.78, 5) is 2.56. The van der Waals surface area contributed by atoms with Crippen molar-refractivity contribution in [3.63, 3.8) is 0 Å². The normalized spacial score (nSPS) is 24.3. The van der Waals surface area contributed by atoms with E-state index in [-0.39, 0.29) is 0 Å². The largest absolute Gasteiger partial charge is 0.311 e. The lowest BCUT2D eigenvalue weighted by Crippen LogP contribution is -2.57. The molecule has 0 bridgehead atoms. The first-order valence-corrected chi connectivity index (χ1v) is 8.03. The van der Waals surface area contributed by atoms with E-state index in [1.54, 1.807) is 5.54 Å². The van der Waals surface area contributed by atoms with Crippen molar-refractivity contribution in [3.05, 3.63) is 47.5 Å². The van der Waals surface area contributed by atoms with Crippen LogP contribution in [0.1, 0.15) is 25.3 Å². The van der Waals surface area contributed by atoms with Gasteiger partial charge in [0, 0.05) is 37.3 Å². The van der Waals surface area contributed by atoms with Gasteiger partial charge < -0.3 is 5.32 Å². The third-order valence-corrected chi connectivity index (χ3v) is 4.17. The second-order valence-electron chi connectivity index (χ2n) is 5.55. The Hall–Kier alpha value is -0.830. The van der Waals surface area contributed by atoms with Gasteiger partial charge in [-0.1, -0.05) is 61.4 Å². The van der Waals surface area contributed by atoms with Gasteiger partial charge >= 0.3 is 0 Å². The topological polar surface area (TPSA) is 15.3 Å². The lowest BCUT2D eigenvalue weighted by atomic mass is 9.99. The molecule has 0 amide bonds. The van der Waals surface area contributed by atoms with Crippen LogP contribution < -0.4 is 5.32 Å². The first-order chi connectivity index (χ1) is 9.83. The van der Waals surface area contributed by atoms with Crippen LogP contribution in [0, 0.1) is 0 Å². The summed E-state index contributed by atoms with van der Waals surface area (Å²) >= 11 is 5.69. The first-order valence-electron chi connectivity index (χ1n) is 7.60. The van der Waals surface area contributed by atoms with Crippen molar-refractivity contribution in [2.75, 3.05) is 19.6 Å². The highest BCUT2D eigenvalue weighted by molar-refractivity contribution is 6.25. The summed E-state index contributed by atoms with van der Waals surface area (Å²) in [5, 5.41) is 3.71. The monoisotopic (exact) mass is 292 g/mol. The molecule has 110 valence electrons. The van der Waals surface area contributed by atoms with Crippen LogP contribution in [0.2, 0.25) is 0 Å². The molecule has 2 atom stereocenters. The number of halogens is 1. The molecule has 0 aromatic heterocycles. The molecule has 20 heavy (non-hydrogen) atoms. The number of piperazine rings is 1. The highest BCUT2D eigenvalue weighted by Gasteiger charge is 2.26. The summed E-state index contributed by atoms with van der Waals surface area (Å²) in [6, 6.07) is 11.9. The Morgan fingerprint density at radius 1 is 1.35 bits per heavy atom. The van der Waals surface area contributed by atoms with Gasteiger partial charge in [0.25, 0.3) is 0 Å². The Morgan fingerprint density at radius 2 is 2.15 bits per heavy atom. The molecule has 1 aliphatic heterocycles. The molecule has 1 N–H and O–H groups in total. The quantitative estimate of drug-likeness (QED) is 0.864. The molecular formula is C17H25ClN2. The van der Waals surface area contributed by atoms with E-state index in [0.29, 0.717) is 12.1 Å². The number of benzene rings is 1. The van der Waals surface area contributed by atoms with Crippen molar-refractivity contribution < 1.29 is 0 Å². The van der Waals surface area contributed by atoms with Gasteiger partial charge in [-0.25, -0.2) is 0 Å². The Bertz CT molecular complexity index is 405. The zero-order chi connectivity index (χ0) is 14.2. The SMILES string of the molecule is CCCC1CNC(Cc2ccccc2)CN1C/C=C/Cl. The fourth-order valence-electron chi connectivity index (χ4n) is 2.98. The molecule has 1 fully saturated rings. The maximum absolute atomic E-state index is 5.69. The summed E-state index contributed by atoms with van der Waals surface area (Å²) in [5.74, 6) is 0. The number of hydrogen-bond acceptors (Lipinski definition) is 2. The predicted molar refractivity (Wildman–Crippen MR) is 87.2 cm³/mol. The number of nitrogens with one attached hydrogen (secondary N) is 1. The third kappa shape index (κ3) is 4.62. The van der Waals surface area contributed by atoms with Crippen molar-refractivity contribution in [2.45, 2.75) is 38.3 Å². The highest BCUT2D eigenvalue weighted by Crippen LogP contribution is 2.15. The van der Waals surface area contributed by atoms with E-state index in [1.165, 1.54) is 18.4 Å². The fraction of sp³-hybridized carbons (Fsp3) is 0.529. The molecule has 2 unspecified atom stereocenters. The highest BCUT2D eigenvalue weighted by atomic mass is 35.5. The van der Waals surface area contributed by atoms with Gasteiger partial charge in [-0.15, -0.1) is 0 Å². The van der Waals surface area contributed by atoms with E-state index < -0.39 is 0 Å². The molecule has 2 rings (SSSR count). The number of hydrogen-bond donors (Lipinski definition) is 1. The van der Waals surface area contributed by atoms with E-state index in [0.717, 1.165) is 26.1 Å². The fourth-order valence-corrected chi connectivity index (χ4v) is 3.06. The summed E-state index contributed by atoms with van der Waals surface area (Å²) in [5.41, 5.74) is 3.05. The van der Waals surface area contributed by atoms with Crippen LogP contribution in [-0.4, -0.2) is 36.6 Å². The smallest absolute Gasteiger partial charge is 0.0236 e. The van der Waals surface area contributed by atoms with Crippen molar-refractivity contribution in [1.29, 1.82) is 0 Å². The van der Waals surface area contributed by atoms with E-state index in [4.69, 9.17) is 11.6 Å². The van der Waals surface area contributed by atoms with E-state index in [1.807, 2.05) is 0 Å². The molecule has 3 heteroatoms. The maximum Gasteiger partial charge on any atom is 0.0236 e. The summed E-state index contributed by atoms with van der Waals surface area (Å²) in [6.45, 7) is 5.40. The Morgan fingerprint density at radius 3 is 2.85 bits per heavy atom. The van der Waals surface area contributed by atoms with Crippen molar-refractivity contribution in [2.24, 2.45) is 0 Å². The van der Waals surface area contributed by atoms with Gasteiger partial charge in [-0.05, 0) is 18.4 Å². The summed E-state index contributed by atoms with van der Waals surface area (Å²) < 4.78 is 0. The average Bonchev–Trinajstić information content (AvgIpc) is 2.48. The van der Waals surface area contributed by atoms with Crippen LogP contribution in [0.5, 0.6) is 0 Å². The maximum atomic E-state index is 5.69. The van der Waals surface area contributed by atoms with Crippen LogP contribution >= 0.6 is 11.6 Å². The molecule has 1 aromatic rings. The summed E-state index contributed by atoms with van der Waals surface area (Å²) in [6.07, 6.45) is 5.63. The minimum atomic E-state index is 0.536. The van der Waals surface area contributed by atoms with Crippen molar-refractivity contribution >= 4 is 11.6 Å². The van der Waals surface area contributed by atoms with Crippen molar-refractivity contribution in [3.8, 4) is 0 Å². The van der Waals surface area contributed by atoms with Gasteiger partial charge in [0.15, 0.2) is 0 Å². The van der Waals surface area contributed by atoms with Gasteiger partial charge in [0.05, 0.1) is 0 Å². The van der Waals surface area contributed by atoms with Gasteiger partial charge in [-0.3, -0.25) is 4.90 Å². The van der Waals surface area contributed by atoms with Crippen LogP contribution in [0.25, 0.3) is 0 Å². The van der Waals surface area contributed by atoms with Crippen molar-refractivity contribution in [1.82, 2.24) is 10.2 Å². The Kier molecular flexibility index (Phi) is 6.58. The second kappa shape index (κ2) is 8.46. The van der Waals surface area contributed by atoms with Crippen LogP contribution in [0.3, 0.4) is 0 Å². The number of rotatable bonds is 6. The average molecular weight is 293 g/mol. The summed E-state index contributed by atoms with van der Waals surface area (Å²) in [7, 11) is 0. The van der Waals surface area contributed by atoms with E-state index >= 15 is 0 Å². The third-order valence-electron chi connectivity index (χ3n) is 3.99. The molecular weight excluding hydrogens is 268 g/mol. The minimum absolute atomic E-state index is 0.536. The van der Waals surface area contributed by atoms with Crippen LogP contribution in [-0.2, 0) is 6.42 Å². The minimum Gasteiger partial charge on any atom is -0.311 e. The standard InChI is InChI=1S/C17H25ClN2/c1-2-7-17-13-19-16(14-20(17)11-6-10-18)12-15-8-4-3-5-9-15/h3-6,8-10,16-17,19H,2,7,11-14H2,1H3/b10-6+. The molecule has 2 nitrogen and oxygen atoms in total. The van der Waals surface area contributed by atoms with Gasteiger partial charge in [-0.2, -0.15) is 0 Å². The molecule has 1 aromatic carbocycles. The molecule has 0 radical (unpaired) electrons. The number of nitrogens with zero attached hydrogens (tertiary/aromatic N) is 1. The molecule has 1 aliphatic rings. The molecule has 0 saturated carbocycles. The molecule has 1 saturated heterocycles. The van der Waals surface area contributed by atoms with E-state index in [2.05, 4.69) is 53.5 Å². The second-order valence-corrected chi connectivity index (χ2v) is 5.80. The molecule has 1 heterocycles. The van der Waals surface area contributed by atoms with Crippen LogP contribution in [0.4, 0.5) is 0 Å². The van der Waals surface area contributed by atoms with Gasteiger partial charge in [0.1, 0.15) is 0 Å². The van der Waals surface area contributed by atoms with Crippen LogP contribution in [0.15, 0.2) is 41.9 Å². The van der Waals surface area contributed by atoms with Gasteiger partial charge in [0.2, 0.25) is 0 Å². The zero-order valence-corrected chi connectivity index (χ0v) is 13.0. The zero-order valence-electron chi connectivity index (χ0n) is 12.3. The first kappa shape index (κ1) is 15.6. The Labute approximate surface area is 127 Å². The lowest BCUT2D eigenvalue weighted by molar-refractivity contribution is 0.137. The molecule has 0 aliphatic carbocycles. The van der Waals surface area contributed by atoms with E-state index in [9.17, 15) is 0 Å². The predicted octanol–water partition coefficient (Wildman–Crippen LogP) is 3.42. The lowest BCUT2D eigenvalue weighted by Gasteiger charge is -2.40. The molecule has 0 spiro atoms. The Balaban J connectivity index is 1.93.